The van der Waals surface area contributed by atoms with Gasteiger partial charge in [-0.3, -0.25) is 0 Å². The Labute approximate surface area is 123 Å². The van der Waals surface area contributed by atoms with E-state index in [2.05, 4.69) is 10.3 Å². The molecule has 5 heteroatoms. The summed E-state index contributed by atoms with van der Waals surface area (Å²) in [5.74, 6) is 0.622. The van der Waals surface area contributed by atoms with Crippen LogP contribution in [-0.2, 0) is 0 Å². The van der Waals surface area contributed by atoms with E-state index in [-0.39, 0.29) is 12.1 Å². The number of hydrogen-bond acceptors (Lipinski definition) is 3. The second-order valence-corrected chi connectivity index (χ2v) is 5.15. The van der Waals surface area contributed by atoms with E-state index in [0.717, 1.165) is 23.9 Å². The van der Waals surface area contributed by atoms with Crippen molar-refractivity contribution < 1.29 is 9.53 Å². The molecule has 5 nitrogen and oxygen atoms in total. The van der Waals surface area contributed by atoms with Gasteiger partial charge in [0.05, 0.1) is 12.1 Å². The van der Waals surface area contributed by atoms with E-state index in [0.29, 0.717) is 19.0 Å². The zero-order valence-electron chi connectivity index (χ0n) is 12.1. The van der Waals surface area contributed by atoms with Gasteiger partial charge in [-0.15, -0.1) is 0 Å². The maximum absolute atomic E-state index is 11.8. The number of benzene rings is 1. The van der Waals surface area contributed by atoms with Gasteiger partial charge in [-0.2, -0.15) is 0 Å². The predicted octanol–water partition coefficient (Wildman–Crippen LogP) is 2.42. The van der Waals surface area contributed by atoms with Crippen LogP contribution in [0.25, 0.3) is 10.9 Å². The fourth-order valence-electron chi connectivity index (χ4n) is 2.56. The summed E-state index contributed by atoms with van der Waals surface area (Å²) < 4.78 is 5.91. The third kappa shape index (κ3) is 3.07. The first-order valence-corrected chi connectivity index (χ1v) is 7.31. The van der Waals surface area contributed by atoms with Gasteiger partial charge in [0.2, 0.25) is 5.88 Å². The molecule has 1 fully saturated rings. The molecule has 1 aliphatic rings. The van der Waals surface area contributed by atoms with Crippen molar-refractivity contribution in [3.05, 3.63) is 36.4 Å². The van der Waals surface area contributed by atoms with Crippen molar-refractivity contribution in [1.82, 2.24) is 15.2 Å². The number of carbonyl (C=O) groups is 1. The molecule has 0 bridgehead atoms. The Morgan fingerprint density at radius 1 is 1.38 bits per heavy atom. The number of urea groups is 1. The Hall–Kier alpha value is -2.30. The number of nitrogens with one attached hydrogen (secondary N) is 1. The van der Waals surface area contributed by atoms with Gasteiger partial charge in [0.15, 0.2) is 0 Å². The van der Waals surface area contributed by atoms with Gasteiger partial charge >= 0.3 is 6.03 Å². The lowest BCUT2D eigenvalue weighted by atomic mass is 10.2. The Morgan fingerprint density at radius 2 is 2.24 bits per heavy atom. The highest BCUT2D eigenvalue weighted by Gasteiger charge is 2.27. The SMILES string of the molecule is CCNC(=O)N1CC[C@H](Oc2ccc3ccccc3n2)C1. The highest BCUT2D eigenvalue weighted by Crippen LogP contribution is 2.20. The van der Waals surface area contributed by atoms with Crippen molar-refractivity contribution in [2.24, 2.45) is 0 Å². The monoisotopic (exact) mass is 285 g/mol. The van der Waals surface area contributed by atoms with E-state index in [1.54, 1.807) is 4.90 Å². The first kappa shape index (κ1) is 13.7. The molecule has 2 amide bonds. The lowest BCUT2D eigenvalue weighted by Crippen LogP contribution is -2.39. The number of amides is 2. The molecule has 0 unspecified atom stereocenters. The quantitative estimate of drug-likeness (QED) is 0.942. The van der Waals surface area contributed by atoms with Crippen LogP contribution in [-0.4, -0.2) is 41.7 Å². The molecule has 0 spiro atoms. The standard InChI is InChI=1S/C16H19N3O2/c1-2-17-16(20)19-10-9-13(11-19)21-15-8-7-12-5-3-4-6-14(12)18-15/h3-8,13H,2,9-11H2,1H3,(H,17,20)/t13-/m0/s1. The van der Waals surface area contributed by atoms with E-state index in [1.165, 1.54) is 0 Å². The second kappa shape index (κ2) is 5.99. The van der Waals surface area contributed by atoms with Crippen molar-refractivity contribution in [2.75, 3.05) is 19.6 Å². The fraction of sp³-hybridized carbons (Fsp3) is 0.375. The number of rotatable bonds is 3. The minimum atomic E-state index is -0.0185. The van der Waals surface area contributed by atoms with Crippen LogP contribution in [0.3, 0.4) is 0 Å². The summed E-state index contributed by atoms with van der Waals surface area (Å²) in [6.45, 7) is 3.90. The predicted molar refractivity (Wildman–Crippen MR) is 81.4 cm³/mol. The summed E-state index contributed by atoms with van der Waals surface area (Å²) >= 11 is 0. The summed E-state index contributed by atoms with van der Waals surface area (Å²) in [7, 11) is 0. The number of nitrogens with zero attached hydrogens (tertiary/aromatic N) is 2. The van der Waals surface area contributed by atoms with E-state index < -0.39 is 0 Å². The van der Waals surface area contributed by atoms with E-state index in [1.807, 2.05) is 43.3 Å². The van der Waals surface area contributed by atoms with Crippen LogP contribution < -0.4 is 10.1 Å². The Bertz CT molecular complexity index is 644. The van der Waals surface area contributed by atoms with Crippen molar-refractivity contribution in [3.63, 3.8) is 0 Å². The molecule has 1 aromatic heterocycles. The summed E-state index contributed by atoms with van der Waals surface area (Å²) in [5.41, 5.74) is 0.925. The lowest BCUT2D eigenvalue weighted by molar-refractivity contribution is 0.184. The topological polar surface area (TPSA) is 54.5 Å². The molecule has 2 aromatic rings. The van der Waals surface area contributed by atoms with Crippen LogP contribution in [0.15, 0.2) is 36.4 Å². The Morgan fingerprint density at radius 3 is 3.10 bits per heavy atom. The highest BCUT2D eigenvalue weighted by atomic mass is 16.5. The van der Waals surface area contributed by atoms with Crippen molar-refractivity contribution in [2.45, 2.75) is 19.4 Å². The molecule has 1 atom stereocenters. The number of para-hydroxylation sites is 1. The summed E-state index contributed by atoms with van der Waals surface area (Å²) in [6.07, 6.45) is 0.854. The van der Waals surface area contributed by atoms with Gasteiger partial charge in [0.25, 0.3) is 0 Å². The molecule has 21 heavy (non-hydrogen) atoms. The average molecular weight is 285 g/mol. The fourth-order valence-corrected chi connectivity index (χ4v) is 2.56. The summed E-state index contributed by atoms with van der Waals surface area (Å²) in [6, 6.07) is 11.8. The summed E-state index contributed by atoms with van der Waals surface area (Å²) in [5, 5.41) is 3.91. The van der Waals surface area contributed by atoms with Crippen LogP contribution in [0.1, 0.15) is 13.3 Å². The second-order valence-electron chi connectivity index (χ2n) is 5.15. The molecule has 3 rings (SSSR count). The van der Waals surface area contributed by atoms with Crippen molar-refractivity contribution in [3.8, 4) is 5.88 Å². The van der Waals surface area contributed by atoms with Crippen LogP contribution in [0.2, 0.25) is 0 Å². The highest BCUT2D eigenvalue weighted by molar-refractivity contribution is 5.78. The largest absolute Gasteiger partial charge is 0.472 e. The molecule has 110 valence electrons. The number of pyridine rings is 1. The molecule has 1 aromatic carbocycles. The number of carbonyl (C=O) groups excluding carboxylic acids is 1. The number of likely N-dealkylation sites (tertiary alicyclic amines) is 1. The van der Waals surface area contributed by atoms with E-state index in [4.69, 9.17) is 4.74 Å². The first-order chi connectivity index (χ1) is 10.3. The third-order valence-corrected chi connectivity index (χ3v) is 3.62. The van der Waals surface area contributed by atoms with Crippen molar-refractivity contribution in [1.29, 1.82) is 0 Å². The maximum Gasteiger partial charge on any atom is 0.317 e. The molecule has 2 heterocycles. The zero-order chi connectivity index (χ0) is 14.7. The number of ether oxygens (including phenoxy) is 1. The van der Waals surface area contributed by atoms with Crippen molar-refractivity contribution >= 4 is 16.9 Å². The van der Waals surface area contributed by atoms with Crippen LogP contribution in [0, 0.1) is 0 Å². The third-order valence-electron chi connectivity index (χ3n) is 3.62. The van der Waals surface area contributed by atoms with Gasteiger partial charge in [-0.25, -0.2) is 9.78 Å². The van der Waals surface area contributed by atoms with Crippen LogP contribution >= 0.6 is 0 Å². The molecule has 1 saturated heterocycles. The molecular weight excluding hydrogens is 266 g/mol. The maximum atomic E-state index is 11.8. The first-order valence-electron chi connectivity index (χ1n) is 7.31. The van der Waals surface area contributed by atoms with Gasteiger partial charge < -0.3 is 15.0 Å². The molecule has 0 radical (unpaired) electrons. The Kier molecular flexibility index (Phi) is 3.90. The zero-order valence-corrected chi connectivity index (χ0v) is 12.1. The van der Waals surface area contributed by atoms with Gasteiger partial charge in [-0.1, -0.05) is 18.2 Å². The average Bonchev–Trinajstić information content (AvgIpc) is 2.96. The number of aromatic nitrogens is 1. The molecule has 0 aliphatic carbocycles. The summed E-state index contributed by atoms with van der Waals surface area (Å²) in [4.78, 5) is 18.1. The van der Waals surface area contributed by atoms with E-state index >= 15 is 0 Å². The van der Waals surface area contributed by atoms with Crippen LogP contribution in [0.5, 0.6) is 5.88 Å². The smallest absolute Gasteiger partial charge is 0.317 e. The Balaban J connectivity index is 1.65. The minimum absolute atomic E-state index is 0.0151. The molecule has 0 saturated carbocycles. The van der Waals surface area contributed by atoms with Gasteiger partial charge in [0.1, 0.15) is 6.10 Å². The lowest BCUT2D eigenvalue weighted by Gasteiger charge is -2.17. The van der Waals surface area contributed by atoms with Crippen LogP contribution in [0.4, 0.5) is 4.79 Å². The number of hydrogen-bond donors (Lipinski definition) is 1. The normalized spacial score (nSPS) is 18.0. The molecular formula is C16H19N3O2. The minimum Gasteiger partial charge on any atom is -0.472 e. The van der Waals surface area contributed by atoms with Gasteiger partial charge in [-0.05, 0) is 19.1 Å². The van der Waals surface area contributed by atoms with Gasteiger partial charge in [0, 0.05) is 31.0 Å². The number of fused-ring (bicyclic) bond motifs is 1. The molecule has 1 aliphatic heterocycles. The van der Waals surface area contributed by atoms with E-state index in [9.17, 15) is 4.79 Å². The molecule has 1 N–H and O–H groups in total.